The molecule has 1 aliphatic rings. The Labute approximate surface area is 130 Å². The van der Waals surface area contributed by atoms with Gasteiger partial charge >= 0.3 is 0 Å². The molecular formula is C14H21NO4S2. The molecule has 0 radical (unpaired) electrons. The molecule has 0 aliphatic heterocycles. The van der Waals surface area contributed by atoms with E-state index in [-0.39, 0.29) is 23.3 Å². The van der Waals surface area contributed by atoms with E-state index in [0.717, 1.165) is 19.3 Å². The van der Waals surface area contributed by atoms with Crippen LogP contribution < -0.4 is 9.46 Å². The number of hydrogen-bond donors (Lipinski definition) is 2. The van der Waals surface area contributed by atoms with Gasteiger partial charge in [0.05, 0.1) is 13.7 Å². The lowest BCUT2D eigenvalue weighted by atomic mass is 10.2. The molecule has 0 spiro atoms. The van der Waals surface area contributed by atoms with Gasteiger partial charge in [0.25, 0.3) is 0 Å². The topological polar surface area (TPSA) is 75.6 Å². The molecule has 2 N–H and O–H groups in total. The average Bonchev–Trinajstić information content (AvgIpc) is 2.93. The Morgan fingerprint density at radius 3 is 2.76 bits per heavy atom. The summed E-state index contributed by atoms with van der Waals surface area (Å²) in [6.45, 7) is -0.151. The Hall–Kier alpha value is -0.760. The summed E-state index contributed by atoms with van der Waals surface area (Å²) < 4.78 is 32.9. The van der Waals surface area contributed by atoms with E-state index >= 15 is 0 Å². The van der Waals surface area contributed by atoms with Crippen LogP contribution in [0.25, 0.3) is 0 Å². The molecule has 0 saturated heterocycles. The predicted octanol–water partition coefficient (Wildman–Crippen LogP) is 1.75. The number of aliphatic hydroxyl groups excluding tert-OH is 1. The lowest BCUT2D eigenvalue weighted by Crippen LogP contribution is -2.33. The summed E-state index contributed by atoms with van der Waals surface area (Å²) in [5.74, 6) is 0.258. The maximum Gasteiger partial charge on any atom is 0.244 e. The van der Waals surface area contributed by atoms with Crippen LogP contribution in [0.2, 0.25) is 0 Å². The predicted molar refractivity (Wildman–Crippen MR) is 84.2 cm³/mol. The molecular weight excluding hydrogens is 310 g/mol. The Bertz CT molecular complexity index is 589. The van der Waals surface area contributed by atoms with Crippen molar-refractivity contribution in [3.8, 4) is 5.75 Å². The van der Waals surface area contributed by atoms with E-state index in [1.165, 1.54) is 13.2 Å². The highest BCUT2D eigenvalue weighted by molar-refractivity contribution is 7.99. The normalized spacial score (nSPS) is 22.4. The van der Waals surface area contributed by atoms with Crippen molar-refractivity contribution < 1.29 is 18.3 Å². The lowest BCUT2D eigenvalue weighted by molar-refractivity contribution is 0.280. The molecule has 7 heteroatoms. The summed E-state index contributed by atoms with van der Waals surface area (Å²) in [4.78, 5) is 0.120. The highest BCUT2D eigenvalue weighted by atomic mass is 32.2. The van der Waals surface area contributed by atoms with Crippen molar-refractivity contribution in [1.82, 2.24) is 4.72 Å². The molecule has 5 nitrogen and oxygen atoms in total. The van der Waals surface area contributed by atoms with E-state index in [4.69, 9.17) is 9.84 Å². The number of ether oxygens (including phenoxy) is 1. The fourth-order valence-electron chi connectivity index (χ4n) is 2.58. The molecule has 0 amide bonds. The summed E-state index contributed by atoms with van der Waals surface area (Å²) in [5, 5.41) is 9.64. The standard InChI is InChI=1S/C14H21NO4S2/c1-19-13-7-10(9-16)3-6-14(13)21(17,18)15-11-4-5-12(8-11)20-2/h3,6-7,11-12,15-16H,4-5,8-9H2,1-2H3. The average molecular weight is 331 g/mol. The molecule has 2 atom stereocenters. The van der Waals surface area contributed by atoms with E-state index in [1.807, 2.05) is 0 Å². The smallest absolute Gasteiger partial charge is 0.244 e. The number of sulfonamides is 1. The highest BCUT2D eigenvalue weighted by Crippen LogP contribution is 2.31. The van der Waals surface area contributed by atoms with Gasteiger partial charge < -0.3 is 9.84 Å². The van der Waals surface area contributed by atoms with Gasteiger partial charge in [0, 0.05) is 11.3 Å². The second kappa shape index (κ2) is 7.00. The van der Waals surface area contributed by atoms with Crippen LogP contribution in [0.4, 0.5) is 0 Å². The number of methoxy groups -OCH3 is 1. The van der Waals surface area contributed by atoms with Gasteiger partial charge in [-0.2, -0.15) is 11.8 Å². The van der Waals surface area contributed by atoms with E-state index in [1.54, 1.807) is 23.9 Å². The monoisotopic (exact) mass is 331 g/mol. The maximum absolute atomic E-state index is 12.5. The van der Waals surface area contributed by atoms with Gasteiger partial charge in [-0.05, 0) is 43.2 Å². The Morgan fingerprint density at radius 1 is 1.43 bits per heavy atom. The molecule has 2 rings (SSSR count). The van der Waals surface area contributed by atoms with Crippen LogP contribution in [0.5, 0.6) is 5.75 Å². The number of benzene rings is 1. The largest absolute Gasteiger partial charge is 0.495 e. The van der Waals surface area contributed by atoms with Crippen molar-refractivity contribution in [2.45, 2.75) is 42.1 Å². The molecule has 1 aromatic carbocycles. The quantitative estimate of drug-likeness (QED) is 0.830. The maximum atomic E-state index is 12.5. The molecule has 0 bridgehead atoms. The molecule has 2 unspecified atom stereocenters. The van der Waals surface area contributed by atoms with Crippen LogP contribution in [0, 0.1) is 0 Å². The molecule has 1 aliphatic carbocycles. The second-order valence-electron chi connectivity index (χ2n) is 5.13. The first kappa shape index (κ1) is 16.6. The number of rotatable bonds is 6. The molecule has 21 heavy (non-hydrogen) atoms. The van der Waals surface area contributed by atoms with E-state index in [2.05, 4.69) is 11.0 Å². The number of hydrogen-bond acceptors (Lipinski definition) is 5. The Kier molecular flexibility index (Phi) is 5.54. The zero-order valence-electron chi connectivity index (χ0n) is 12.2. The first-order valence-electron chi connectivity index (χ1n) is 6.83. The SMILES string of the molecule is COc1cc(CO)ccc1S(=O)(=O)NC1CCC(SC)C1. The van der Waals surface area contributed by atoms with Crippen LogP contribution in [0.3, 0.4) is 0 Å². The molecule has 0 heterocycles. The first-order valence-corrected chi connectivity index (χ1v) is 9.60. The van der Waals surface area contributed by atoms with Crippen molar-refractivity contribution in [3.05, 3.63) is 23.8 Å². The van der Waals surface area contributed by atoms with E-state index < -0.39 is 10.0 Å². The number of aliphatic hydroxyl groups is 1. The summed E-state index contributed by atoms with van der Waals surface area (Å²) in [7, 11) is -2.18. The summed E-state index contributed by atoms with van der Waals surface area (Å²) in [6.07, 6.45) is 4.81. The second-order valence-corrected chi connectivity index (χ2v) is 7.95. The number of thioether (sulfide) groups is 1. The van der Waals surface area contributed by atoms with Crippen molar-refractivity contribution >= 4 is 21.8 Å². The van der Waals surface area contributed by atoms with Crippen LogP contribution in [0.1, 0.15) is 24.8 Å². The van der Waals surface area contributed by atoms with Crippen molar-refractivity contribution in [2.75, 3.05) is 13.4 Å². The van der Waals surface area contributed by atoms with E-state index in [9.17, 15) is 8.42 Å². The van der Waals surface area contributed by atoms with Crippen molar-refractivity contribution in [2.24, 2.45) is 0 Å². The zero-order valence-corrected chi connectivity index (χ0v) is 13.8. The fraction of sp³-hybridized carbons (Fsp3) is 0.571. The van der Waals surface area contributed by atoms with Crippen LogP contribution in [-0.4, -0.2) is 38.2 Å². The van der Waals surface area contributed by atoms with Gasteiger partial charge in [0.1, 0.15) is 10.6 Å². The fourth-order valence-corrected chi connectivity index (χ4v) is 4.81. The molecule has 0 aromatic heterocycles. The van der Waals surface area contributed by atoms with Crippen LogP contribution >= 0.6 is 11.8 Å². The molecule has 1 saturated carbocycles. The zero-order chi connectivity index (χ0) is 15.5. The third-order valence-electron chi connectivity index (χ3n) is 3.74. The third kappa shape index (κ3) is 3.91. The van der Waals surface area contributed by atoms with Gasteiger partial charge in [0.2, 0.25) is 10.0 Å². The summed E-state index contributed by atoms with van der Waals surface area (Å²) in [5.41, 5.74) is 0.620. The van der Waals surface area contributed by atoms with Gasteiger partial charge in [-0.3, -0.25) is 0 Å². The summed E-state index contributed by atoms with van der Waals surface area (Å²) in [6, 6.07) is 4.60. The van der Waals surface area contributed by atoms with Gasteiger partial charge in [0.15, 0.2) is 0 Å². The van der Waals surface area contributed by atoms with Gasteiger partial charge in [-0.1, -0.05) is 6.07 Å². The highest BCUT2D eigenvalue weighted by Gasteiger charge is 2.29. The minimum absolute atomic E-state index is 0.0188. The van der Waals surface area contributed by atoms with Crippen LogP contribution in [-0.2, 0) is 16.6 Å². The molecule has 118 valence electrons. The Balaban J connectivity index is 2.19. The lowest BCUT2D eigenvalue weighted by Gasteiger charge is -2.15. The third-order valence-corrected chi connectivity index (χ3v) is 6.39. The summed E-state index contributed by atoms with van der Waals surface area (Å²) >= 11 is 1.78. The van der Waals surface area contributed by atoms with E-state index in [0.29, 0.717) is 10.8 Å². The van der Waals surface area contributed by atoms with Crippen molar-refractivity contribution in [1.29, 1.82) is 0 Å². The van der Waals surface area contributed by atoms with Gasteiger partial charge in [-0.25, -0.2) is 13.1 Å². The minimum Gasteiger partial charge on any atom is -0.495 e. The first-order chi connectivity index (χ1) is 10.00. The Morgan fingerprint density at radius 2 is 2.19 bits per heavy atom. The molecule has 1 aromatic rings. The van der Waals surface area contributed by atoms with Crippen LogP contribution in [0.15, 0.2) is 23.1 Å². The molecule has 1 fully saturated rings. The van der Waals surface area contributed by atoms with Gasteiger partial charge in [-0.15, -0.1) is 0 Å². The minimum atomic E-state index is -3.61. The number of nitrogens with one attached hydrogen (secondary N) is 1. The van der Waals surface area contributed by atoms with Crippen molar-refractivity contribution in [3.63, 3.8) is 0 Å².